The lowest BCUT2D eigenvalue weighted by Crippen LogP contribution is -2.03. The average molecular weight is 277 g/mol. The Morgan fingerprint density at radius 3 is 2.10 bits per heavy atom. The number of hydrogen-bond donors (Lipinski definition) is 0. The van der Waals surface area contributed by atoms with Crippen molar-refractivity contribution in [1.29, 1.82) is 0 Å². The maximum Gasteiger partial charge on any atom is 0.367 e. The SMILES string of the molecule is COc1cc(OC)c(C=C2C(=O)ON=C2C)c(OC)c1. The molecule has 106 valence electrons. The molecule has 0 saturated heterocycles. The fourth-order valence-electron chi connectivity index (χ4n) is 1.84. The number of methoxy groups -OCH3 is 3. The molecule has 0 N–H and O–H groups in total. The van der Waals surface area contributed by atoms with Crippen molar-refractivity contribution in [3.63, 3.8) is 0 Å². The number of oxime groups is 1. The molecule has 1 heterocycles. The summed E-state index contributed by atoms with van der Waals surface area (Å²) in [5.41, 5.74) is 1.50. The van der Waals surface area contributed by atoms with E-state index in [9.17, 15) is 4.79 Å². The molecule has 0 bridgehead atoms. The van der Waals surface area contributed by atoms with E-state index in [0.29, 0.717) is 34.1 Å². The van der Waals surface area contributed by atoms with Crippen LogP contribution in [-0.2, 0) is 9.63 Å². The first-order chi connectivity index (χ1) is 9.60. The highest BCUT2D eigenvalue weighted by atomic mass is 16.7. The first-order valence-electron chi connectivity index (χ1n) is 5.88. The van der Waals surface area contributed by atoms with Crippen LogP contribution >= 0.6 is 0 Å². The van der Waals surface area contributed by atoms with Crippen LogP contribution in [0.3, 0.4) is 0 Å². The number of ether oxygens (including phenoxy) is 3. The van der Waals surface area contributed by atoms with Gasteiger partial charge in [-0.25, -0.2) is 4.79 Å². The lowest BCUT2D eigenvalue weighted by atomic mass is 10.1. The smallest absolute Gasteiger partial charge is 0.367 e. The Morgan fingerprint density at radius 1 is 1.10 bits per heavy atom. The molecule has 0 fully saturated rings. The van der Waals surface area contributed by atoms with E-state index in [2.05, 4.69) is 9.99 Å². The zero-order chi connectivity index (χ0) is 14.7. The Kier molecular flexibility index (Phi) is 3.93. The van der Waals surface area contributed by atoms with Crippen molar-refractivity contribution in [2.45, 2.75) is 6.92 Å². The summed E-state index contributed by atoms with van der Waals surface area (Å²) < 4.78 is 15.8. The van der Waals surface area contributed by atoms with E-state index in [1.54, 1.807) is 32.2 Å². The van der Waals surface area contributed by atoms with Gasteiger partial charge in [-0.3, -0.25) is 0 Å². The minimum atomic E-state index is -0.498. The van der Waals surface area contributed by atoms with Gasteiger partial charge in [-0.2, -0.15) is 0 Å². The van der Waals surface area contributed by atoms with Crippen LogP contribution in [0, 0.1) is 0 Å². The van der Waals surface area contributed by atoms with Crippen molar-refractivity contribution < 1.29 is 23.8 Å². The molecule has 1 aromatic carbocycles. The molecule has 0 spiro atoms. The van der Waals surface area contributed by atoms with E-state index in [-0.39, 0.29) is 0 Å². The van der Waals surface area contributed by atoms with Gasteiger partial charge >= 0.3 is 5.97 Å². The lowest BCUT2D eigenvalue weighted by Gasteiger charge is -2.12. The first kappa shape index (κ1) is 13.9. The molecule has 0 aromatic heterocycles. The molecule has 1 aromatic rings. The Morgan fingerprint density at radius 2 is 1.70 bits per heavy atom. The third-order valence-electron chi connectivity index (χ3n) is 2.92. The topological polar surface area (TPSA) is 66.4 Å². The Labute approximate surface area is 116 Å². The molecular formula is C14H15NO5. The van der Waals surface area contributed by atoms with Crippen molar-refractivity contribution in [2.24, 2.45) is 5.16 Å². The molecule has 0 aliphatic carbocycles. The summed E-state index contributed by atoms with van der Waals surface area (Å²) in [7, 11) is 4.62. The Hall–Kier alpha value is -2.50. The van der Waals surface area contributed by atoms with Crippen LogP contribution in [0.25, 0.3) is 6.08 Å². The number of benzene rings is 1. The van der Waals surface area contributed by atoms with Gasteiger partial charge in [0.1, 0.15) is 17.2 Å². The summed E-state index contributed by atoms with van der Waals surface area (Å²) in [4.78, 5) is 16.2. The fourth-order valence-corrected chi connectivity index (χ4v) is 1.84. The molecular weight excluding hydrogens is 262 g/mol. The predicted octanol–water partition coefficient (Wildman–Crippen LogP) is 2.03. The standard InChI is InChI=1S/C14H15NO5/c1-8-10(14(16)20-15-8)7-11-12(18-3)5-9(17-2)6-13(11)19-4/h5-7H,1-4H3. The average Bonchev–Trinajstić information content (AvgIpc) is 2.78. The molecule has 0 atom stereocenters. The highest BCUT2D eigenvalue weighted by Crippen LogP contribution is 2.36. The van der Waals surface area contributed by atoms with Gasteiger partial charge in [-0.1, -0.05) is 5.16 Å². The molecule has 0 saturated carbocycles. The van der Waals surface area contributed by atoms with Crippen LogP contribution in [0.2, 0.25) is 0 Å². The third kappa shape index (κ3) is 2.45. The maximum absolute atomic E-state index is 11.6. The zero-order valence-corrected chi connectivity index (χ0v) is 11.7. The summed E-state index contributed by atoms with van der Waals surface area (Å²) in [6.07, 6.45) is 1.63. The Bertz CT molecular complexity index is 579. The normalized spacial score (nSPS) is 15.9. The van der Waals surface area contributed by atoms with Crippen molar-refractivity contribution >= 4 is 17.8 Å². The molecule has 0 unspecified atom stereocenters. The highest BCUT2D eigenvalue weighted by molar-refractivity contribution is 6.24. The predicted molar refractivity (Wildman–Crippen MR) is 73.3 cm³/mol. The summed E-state index contributed by atoms with van der Waals surface area (Å²) in [5.74, 6) is 1.16. The van der Waals surface area contributed by atoms with Crippen LogP contribution < -0.4 is 14.2 Å². The molecule has 1 aliphatic heterocycles. The van der Waals surface area contributed by atoms with Gasteiger partial charge in [-0.05, 0) is 13.0 Å². The largest absolute Gasteiger partial charge is 0.496 e. The van der Waals surface area contributed by atoms with Gasteiger partial charge in [0.2, 0.25) is 0 Å². The monoisotopic (exact) mass is 277 g/mol. The van der Waals surface area contributed by atoms with Crippen molar-refractivity contribution in [2.75, 3.05) is 21.3 Å². The maximum atomic E-state index is 11.6. The van der Waals surface area contributed by atoms with Gasteiger partial charge in [0.25, 0.3) is 0 Å². The summed E-state index contributed by atoms with van der Waals surface area (Å²) in [5, 5.41) is 3.63. The molecule has 2 rings (SSSR count). The van der Waals surface area contributed by atoms with Gasteiger partial charge in [0, 0.05) is 12.1 Å². The van der Waals surface area contributed by atoms with Crippen molar-refractivity contribution in [3.05, 3.63) is 23.3 Å². The number of rotatable bonds is 4. The minimum Gasteiger partial charge on any atom is -0.496 e. The second-order valence-electron chi connectivity index (χ2n) is 4.06. The molecule has 6 nitrogen and oxygen atoms in total. The molecule has 6 heteroatoms. The van der Waals surface area contributed by atoms with E-state index in [0.717, 1.165) is 0 Å². The summed E-state index contributed by atoms with van der Waals surface area (Å²) in [6.45, 7) is 1.69. The quantitative estimate of drug-likeness (QED) is 0.622. The van der Waals surface area contributed by atoms with Gasteiger partial charge in [0.15, 0.2) is 0 Å². The van der Waals surface area contributed by atoms with E-state index < -0.39 is 5.97 Å². The molecule has 20 heavy (non-hydrogen) atoms. The number of carbonyl (C=O) groups excluding carboxylic acids is 1. The second kappa shape index (κ2) is 5.64. The van der Waals surface area contributed by atoms with Crippen LogP contribution in [0.1, 0.15) is 12.5 Å². The van der Waals surface area contributed by atoms with Crippen LogP contribution in [0.4, 0.5) is 0 Å². The van der Waals surface area contributed by atoms with Crippen molar-refractivity contribution in [3.8, 4) is 17.2 Å². The summed E-state index contributed by atoms with van der Waals surface area (Å²) in [6, 6.07) is 3.42. The second-order valence-corrected chi connectivity index (χ2v) is 4.06. The number of carbonyl (C=O) groups is 1. The Balaban J connectivity index is 2.58. The van der Waals surface area contributed by atoms with Gasteiger partial charge < -0.3 is 19.0 Å². The molecule has 0 amide bonds. The van der Waals surface area contributed by atoms with E-state index >= 15 is 0 Å². The first-order valence-corrected chi connectivity index (χ1v) is 5.88. The zero-order valence-electron chi connectivity index (χ0n) is 11.7. The van der Waals surface area contributed by atoms with Gasteiger partial charge in [-0.15, -0.1) is 0 Å². The number of hydrogen-bond acceptors (Lipinski definition) is 6. The van der Waals surface area contributed by atoms with Crippen LogP contribution in [0.15, 0.2) is 22.9 Å². The third-order valence-corrected chi connectivity index (χ3v) is 2.92. The molecule has 1 aliphatic rings. The van der Waals surface area contributed by atoms with Crippen LogP contribution in [0.5, 0.6) is 17.2 Å². The molecule has 0 radical (unpaired) electrons. The summed E-state index contributed by atoms with van der Waals surface area (Å²) >= 11 is 0. The fraction of sp³-hybridized carbons (Fsp3) is 0.286. The minimum absolute atomic E-state index is 0.367. The highest BCUT2D eigenvalue weighted by Gasteiger charge is 2.23. The number of nitrogens with zero attached hydrogens (tertiary/aromatic N) is 1. The van der Waals surface area contributed by atoms with E-state index in [1.807, 2.05) is 0 Å². The van der Waals surface area contributed by atoms with Gasteiger partial charge in [0.05, 0.1) is 38.2 Å². The van der Waals surface area contributed by atoms with E-state index in [4.69, 9.17) is 14.2 Å². The lowest BCUT2D eigenvalue weighted by molar-refractivity contribution is -0.136. The van der Waals surface area contributed by atoms with Crippen molar-refractivity contribution in [1.82, 2.24) is 0 Å². The van der Waals surface area contributed by atoms with E-state index in [1.165, 1.54) is 14.2 Å². The van der Waals surface area contributed by atoms with Crippen LogP contribution in [-0.4, -0.2) is 33.0 Å².